The van der Waals surface area contributed by atoms with Crippen LogP contribution in [0.1, 0.15) is 12.8 Å². The Morgan fingerprint density at radius 2 is 2.50 bits per heavy atom. The molecule has 3 heteroatoms. The largest absolute Gasteiger partial charge is 0.410 e. The molecule has 0 saturated heterocycles. The van der Waals surface area contributed by atoms with Crippen molar-refractivity contribution in [3.63, 3.8) is 0 Å². The van der Waals surface area contributed by atoms with Crippen molar-refractivity contribution >= 4 is 16.8 Å². The topological polar surface area (TPSA) is 32.6 Å². The normalized spacial score (nSPS) is 18.9. The number of rotatable bonds is 1. The highest BCUT2D eigenvalue weighted by atomic mass is 35.5. The van der Waals surface area contributed by atoms with E-state index in [1.807, 2.05) is 18.2 Å². The Balaban J connectivity index is 2.72. The Bertz CT molecular complexity index is 206. The molecular weight excluding hydrogens is 150 g/mol. The molecule has 54 valence electrons. The fourth-order valence-electron chi connectivity index (χ4n) is 0.839. The minimum Gasteiger partial charge on any atom is -0.410 e. The predicted octanol–water partition coefficient (Wildman–Crippen LogP) is 2.29. The minimum absolute atomic E-state index is 0.198. The van der Waals surface area contributed by atoms with Gasteiger partial charge in [-0.25, -0.2) is 0 Å². The number of oxime groups is 1. The molecule has 2 nitrogen and oxygen atoms in total. The number of hydrogen-bond donors (Lipinski definition) is 1. The summed E-state index contributed by atoms with van der Waals surface area (Å²) in [5.74, 6) is 0. The Labute approximate surface area is 64.5 Å². The lowest BCUT2D eigenvalue weighted by molar-refractivity contribution is 0.320. The molecule has 0 aromatic rings. The monoisotopic (exact) mass is 157 g/mol. The van der Waals surface area contributed by atoms with Gasteiger partial charge in [0, 0.05) is 0 Å². The summed E-state index contributed by atoms with van der Waals surface area (Å²) in [6.45, 7) is 0. The van der Waals surface area contributed by atoms with E-state index in [4.69, 9.17) is 16.8 Å². The zero-order chi connectivity index (χ0) is 7.40. The first kappa shape index (κ1) is 7.35. The Kier molecular flexibility index (Phi) is 2.51. The van der Waals surface area contributed by atoms with Gasteiger partial charge in [0.2, 0.25) is 0 Å². The second-order valence-electron chi connectivity index (χ2n) is 2.05. The van der Waals surface area contributed by atoms with Gasteiger partial charge in [-0.2, -0.15) is 0 Å². The molecule has 10 heavy (non-hydrogen) atoms. The molecule has 1 rings (SSSR count). The number of halogens is 1. The van der Waals surface area contributed by atoms with Crippen LogP contribution in [0.2, 0.25) is 0 Å². The summed E-state index contributed by atoms with van der Waals surface area (Å²) in [6, 6.07) is 0. The van der Waals surface area contributed by atoms with Gasteiger partial charge in [-0.15, -0.1) is 0 Å². The first-order chi connectivity index (χ1) is 4.84. The van der Waals surface area contributed by atoms with Crippen molar-refractivity contribution in [2.24, 2.45) is 5.16 Å². The summed E-state index contributed by atoms with van der Waals surface area (Å²) in [5.41, 5.74) is 0.895. The summed E-state index contributed by atoms with van der Waals surface area (Å²) in [5, 5.41) is 11.4. The van der Waals surface area contributed by atoms with E-state index in [-0.39, 0.29) is 5.17 Å². The highest BCUT2D eigenvalue weighted by Gasteiger charge is 2.04. The fourth-order valence-corrected chi connectivity index (χ4v) is 0.996. The SMILES string of the molecule is O/N=C(\Cl)C1=CC=CCC1. The zero-order valence-corrected chi connectivity index (χ0v) is 6.17. The molecule has 0 atom stereocenters. The quantitative estimate of drug-likeness (QED) is 0.354. The fraction of sp³-hybridized carbons (Fsp3) is 0.286. The maximum Gasteiger partial charge on any atom is 0.171 e. The maximum atomic E-state index is 8.28. The van der Waals surface area contributed by atoms with Crippen LogP contribution in [0.3, 0.4) is 0 Å². The van der Waals surface area contributed by atoms with Crippen LogP contribution in [0.15, 0.2) is 29.0 Å². The number of nitrogens with zero attached hydrogens (tertiary/aromatic N) is 1. The van der Waals surface area contributed by atoms with E-state index in [0.717, 1.165) is 18.4 Å². The lowest BCUT2D eigenvalue weighted by Crippen LogP contribution is -1.95. The molecule has 1 aliphatic carbocycles. The Morgan fingerprint density at radius 3 is 3.00 bits per heavy atom. The summed E-state index contributed by atoms with van der Waals surface area (Å²) in [6.07, 6.45) is 7.64. The van der Waals surface area contributed by atoms with Gasteiger partial charge in [-0.05, 0) is 18.4 Å². The highest BCUT2D eigenvalue weighted by molar-refractivity contribution is 6.69. The molecule has 1 aliphatic rings. The van der Waals surface area contributed by atoms with E-state index in [2.05, 4.69) is 5.16 Å². The van der Waals surface area contributed by atoms with Gasteiger partial charge in [0.15, 0.2) is 5.17 Å². The molecule has 0 amide bonds. The lowest BCUT2D eigenvalue weighted by Gasteiger charge is -2.03. The van der Waals surface area contributed by atoms with Crippen molar-refractivity contribution < 1.29 is 5.21 Å². The third-order valence-corrected chi connectivity index (χ3v) is 1.68. The summed E-state index contributed by atoms with van der Waals surface area (Å²) < 4.78 is 0. The second-order valence-corrected chi connectivity index (χ2v) is 2.41. The van der Waals surface area contributed by atoms with Gasteiger partial charge in [0.1, 0.15) is 0 Å². The first-order valence-electron chi connectivity index (χ1n) is 3.08. The van der Waals surface area contributed by atoms with Crippen LogP contribution in [0.4, 0.5) is 0 Å². The van der Waals surface area contributed by atoms with E-state index in [9.17, 15) is 0 Å². The van der Waals surface area contributed by atoms with Crippen LogP contribution in [-0.2, 0) is 0 Å². The molecule has 0 radical (unpaired) electrons. The molecule has 0 aliphatic heterocycles. The third kappa shape index (κ3) is 1.61. The summed E-state index contributed by atoms with van der Waals surface area (Å²) in [4.78, 5) is 0. The smallest absolute Gasteiger partial charge is 0.171 e. The standard InChI is InChI=1S/C7H8ClNO/c8-7(9-10)6-4-2-1-3-5-6/h1-2,4,10H,3,5H2/b9-7-. The molecule has 1 N–H and O–H groups in total. The molecule has 0 aromatic carbocycles. The molecule has 0 saturated carbocycles. The van der Waals surface area contributed by atoms with Gasteiger partial charge in [0.05, 0.1) is 0 Å². The van der Waals surface area contributed by atoms with E-state index >= 15 is 0 Å². The Morgan fingerprint density at radius 1 is 1.70 bits per heavy atom. The molecule has 0 heterocycles. The highest BCUT2D eigenvalue weighted by Crippen LogP contribution is 2.14. The lowest BCUT2D eigenvalue weighted by atomic mass is 10.1. The Hall–Kier alpha value is -0.760. The maximum absolute atomic E-state index is 8.28. The molecule has 0 unspecified atom stereocenters. The van der Waals surface area contributed by atoms with Crippen LogP contribution in [0.5, 0.6) is 0 Å². The van der Waals surface area contributed by atoms with Gasteiger partial charge < -0.3 is 5.21 Å². The van der Waals surface area contributed by atoms with Crippen molar-refractivity contribution in [3.05, 3.63) is 23.8 Å². The number of hydrogen-bond acceptors (Lipinski definition) is 2. The molecule has 0 fully saturated rings. The van der Waals surface area contributed by atoms with Gasteiger partial charge in [-0.3, -0.25) is 0 Å². The van der Waals surface area contributed by atoms with Gasteiger partial charge >= 0.3 is 0 Å². The molecule has 0 aromatic heterocycles. The average molecular weight is 158 g/mol. The van der Waals surface area contributed by atoms with Gasteiger partial charge in [0.25, 0.3) is 0 Å². The molecule has 0 spiro atoms. The van der Waals surface area contributed by atoms with Crippen molar-refractivity contribution in [3.8, 4) is 0 Å². The van der Waals surface area contributed by atoms with E-state index in [0.29, 0.717) is 0 Å². The second kappa shape index (κ2) is 3.42. The molecular formula is C7H8ClNO. The summed E-state index contributed by atoms with van der Waals surface area (Å²) >= 11 is 5.54. The zero-order valence-electron chi connectivity index (χ0n) is 5.42. The summed E-state index contributed by atoms with van der Waals surface area (Å²) in [7, 11) is 0. The van der Waals surface area contributed by atoms with E-state index in [1.165, 1.54) is 0 Å². The van der Waals surface area contributed by atoms with E-state index in [1.54, 1.807) is 0 Å². The van der Waals surface area contributed by atoms with Crippen molar-refractivity contribution in [2.75, 3.05) is 0 Å². The van der Waals surface area contributed by atoms with Crippen molar-refractivity contribution in [1.29, 1.82) is 0 Å². The first-order valence-corrected chi connectivity index (χ1v) is 3.46. The van der Waals surface area contributed by atoms with E-state index < -0.39 is 0 Å². The van der Waals surface area contributed by atoms with Crippen LogP contribution < -0.4 is 0 Å². The van der Waals surface area contributed by atoms with Crippen molar-refractivity contribution in [1.82, 2.24) is 0 Å². The van der Waals surface area contributed by atoms with Crippen LogP contribution in [0.25, 0.3) is 0 Å². The number of allylic oxidation sites excluding steroid dienone is 4. The van der Waals surface area contributed by atoms with Crippen LogP contribution in [-0.4, -0.2) is 10.4 Å². The predicted molar refractivity (Wildman–Crippen MR) is 41.5 cm³/mol. The van der Waals surface area contributed by atoms with Crippen LogP contribution >= 0.6 is 11.6 Å². The van der Waals surface area contributed by atoms with Gasteiger partial charge in [-0.1, -0.05) is 35.0 Å². The van der Waals surface area contributed by atoms with Crippen LogP contribution in [0, 0.1) is 0 Å². The molecule has 0 bridgehead atoms. The third-order valence-electron chi connectivity index (χ3n) is 1.37. The minimum atomic E-state index is 0.198. The average Bonchev–Trinajstić information content (AvgIpc) is 2.05. The van der Waals surface area contributed by atoms with Crippen molar-refractivity contribution in [2.45, 2.75) is 12.8 Å².